The molecule has 0 saturated carbocycles. The largest absolute Gasteiger partial charge is 0.394 e. The van der Waals surface area contributed by atoms with E-state index in [1.54, 1.807) is 0 Å². The van der Waals surface area contributed by atoms with E-state index in [4.69, 9.17) is 10.2 Å². The van der Waals surface area contributed by atoms with Crippen molar-refractivity contribution in [2.45, 2.75) is 25.3 Å². The molecule has 2 rings (SSSR count). The summed E-state index contributed by atoms with van der Waals surface area (Å²) in [7, 11) is 0. The molecule has 2 unspecified atom stereocenters. The number of aliphatic hydroxyl groups excluding tert-OH is 4. The number of imidazole rings is 1. The van der Waals surface area contributed by atoms with Gasteiger partial charge < -0.3 is 20.4 Å². The van der Waals surface area contributed by atoms with Crippen molar-refractivity contribution >= 4 is 74.8 Å². The first kappa shape index (κ1) is 20.6. The van der Waals surface area contributed by atoms with Gasteiger partial charge in [0.15, 0.2) is 0 Å². The van der Waals surface area contributed by atoms with E-state index < -0.39 is 31.1 Å². The summed E-state index contributed by atoms with van der Waals surface area (Å²) in [6.45, 7) is -1.22. The van der Waals surface area contributed by atoms with Crippen LogP contribution in [0.5, 0.6) is 0 Å². The quantitative estimate of drug-likeness (QED) is 0.299. The number of benzene rings is 1. The van der Waals surface area contributed by atoms with E-state index in [0.717, 1.165) is 0 Å². The third-order valence-corrected chi connectivity index (χ3v) is 8.15. The van der Waals surface area contributed by atoms with Crippen molar-refractivity contribution in [3.63, 3.8) is 0 Å². The highest BCUT2D eigenvalue weighted by Gasteiger charge is 2.25. The van der Waals surface area contributed by atoms with Crippen molar-refractivity contribution in [2.24, 2.45) is 0 Å². The standard InChI is InChI=1S/C13H14Br4N2O5/c14-7-8(15)10(17)12-11(9(7)16)18(1-5(22)3-20)13(24)19(12)2-6(23)4-21/h5-6,20-23H,1-4H2. The van der Waals surface area contributed by atoms with Gasteiger partial charge in [-0.25, -0.2) is 4.79 Å². The minimum Gasteiger partial charge on any atom is -0.394 e. The maximum absolute atomic E-state index is 12.8. The first-order valence-corrected chi connectivity index (χ1v) is 9.94. The lowest BCUT2D eigenvalue weighted by atomic mass is 10.3. The highest BCUT2D eigenvalue weighted by Crippen LogP contribution is 2.43. The van der Waals surface area contributed by atoms with Crippen LogP contribution in [-0.2, 0) is 13.1 Å². The molecule has 7 nitrogen and oxygen atoms in total. The van der Waals surface area contributed by atoms with Gasteiger partial charge in [0.05, 0.1) is 58.5 Å². The van der Waals surface area contributed by atoms with E-state index >= 15 is 0 Å². The van der Waals surface area contributed by atoms with Gasteiger partial charge >= 0.3 is 5.69 Å². The molecule has 1 heterocycles. The predicted octanol–water partition coefficient (Wildman–Crippen LogP) is 1.56. The molecule has 0 aliphatic heterocycles. The van der Waals surface area contributed by atoms with Crippen LogP contribution in [-0.4, -0.2) is 55.0 Å². The van der Waals surface area contributed by atoms with Gasteiger partial charge in [0.1, 0.15) is 0 Å². The molecule has 0 bridgehead atoms. The maximum atomic E-state index is 12.8. The lowest BCUT2D eigenvalue weighted by Crippen LogP contribution is -2.33. The van der Waals surface area contributed by atoms with Crippen molar-refractivity contribution in [1.29, 1.82) is 0 Å². The van der Waals surface area contributed by atoms with E-state index in [0.29, 0.717) is 28.9 Å². The Morgan fingerprint density at radius 2 is 1.08 bits per heavy atom. The zero-order valence-electron chi connectivity index (χ0n) is 12.1. The summed E-state index contributed by atoms with van der Waals surface area (Å²) in [5.41, 5.74) is 0.496. The fraction of sp³-hybridized carbons (Fsp3) is 0.462. The van der Waals surface area contributed by atoms with Gasteiger partial charge in [-0.05, 0) is 63.7 Å². The van der Waals surface area contributed by atoms with Crippen molar-refractivity contribution in [1.82, 2.24) is 9.13 Å². The summed E-state index contributed by atoms with van der Waals surface area (Å²) in [5, 5.41) is 37.7. The van der Waals surface area contributed by atoms with Crippen LogP contribution >= 0.6 is 63.7 Å². The van der Waals surface area contributed by atoms with Crippen LogP contribution < -0.4 is 5.69 Å². The number of hydrogen-bond acceptors (Lipinski definition) is 5. The Bertz CT molecular complexity index is 755. The number of halogens is 4. The van der Waals surface area contributed by atoms with E-state index in [-0.39, 0.29) is 13.1 Å². The molecule has 2 aromatic rings. The molecule has 4 N–H and O–H groups in total. The van der Waals surface area contributed by atoms with Crippen molar-refractivity contribution in [2.75, 3.05) is 13.2 Å². The van der Waals surface area contributed by atoms with Gasteiger partial charge in [0.25, 0.3) is 0 Å². The molecular formula is C13H14Br4N2O5. The summed E-state index contributed by atoms with van der Waals surface area (Å²) in [6, 6.07) is 0. The molecule has 11 heteroatoms. The molecule has 0 fully saturated rings. The lowest BCUT2D eigenvalue weighted by Gasteiger charge is -2.12. The summed E-state index contributed by atoms with van der Waals surface area (Å²) < 4.78 is 5.10. The van der Waals surface area contributed by atoms with Crippen LogP contribution in [0, 0.1) is 0 Å². The molecule has 0 aliphatic carbocycles. The molecule has 1 aromatic carbocycles. The van der Waals surface area contributed by atoms with Crippen LogP contribution in [0.15, 0.2) is 22.7 Å². The minimum absolute atomic E-state index is 0.118. The first-order valence-electron chi connectivity index (χ1n) is 6.77. The molecule has 0 spiro atoms. The van der Waals surface area contributed by atoms with Gasteiger partial charge in [-0.3, -0.25) is 9.13 Å². The monoisotopic (exact) mass is 594 g/mol. The second kappa shape index (κ2) is 8.30. The number of fused-ring (bicyclic) bond motifs is 1. The topological polar surface area (TPSA) is 108 Å². The van der Waals surface area contributed by atoms with E-state index in [1.165, 1.54) is 9.13 Å². The SMILES string of the molecule is O=c1n(CC(O)CO)c2c(Br)c(Br)c(Br)c(Br)c2n1CC(O)CO. The third kappa shape index (κ3) is 3.68. The number of aliphatic hydroxyl groups is 4. The van der Waals surface area contributed by atoms with Gasteiger partial charge in [0.2, 0.25) is 0 Å². The smallest absolute Gasteiger partial charge is 0.329 e. The predicted molar refractivity (Wildman–Crippen MR) is 103 cm³/mol. The van der Waals surface area contributed by atoms with Crippen LogP contribution in [0.4, 0.5) is 0 Å². The fourth-order valence-electron chi connectivity index (χ4n) is 2.31. The van der Waals surface area contributed by atoms with Gasteiger partial charge in [0, 0.05) is 8.95 Å². The Morgan fingerprint density at radius 3 is 1.38 bits per heavy atom. The minimum atomic E-state index is -1.11. The molecule has 1 aromatic heterocycles. The average Bonchev–Trinajstić information content (AvgIpc) is 2.83. The summed E-state index contributed by atoms with van der Waals surface area (Å²) in [6.07, 6.45) is -2.23. The average molecular weight is 598 g/mol. The summed E-state index contributed by atoms with van der Waals surface area (Å²) in [5.74, 6) is 0. The summed E-state index contributed by atoms with van der Waals surface area (Å²) >= 11 is 13.7. The maximum Gasteiger partial charge on any atom is 0.329 e. The molecule has 2 atom stereocenters. The van der Waals surface area contributed by atoms with Crippen molar-refractivity contribution < 1.29 is 20.4 Å². The zero-order valence-corrected chi connectivity index (χ0v) is 18.4. The Hall–Kier alpha value is 0.250. The molecule has 0 radical (unpaired) electrons. The number of rotatable bonds is 6. The van der Waals surface area contributed by atoms with Gasteiger partial charge in [-0.15, -0.1) is 0 Å². The zero-order chi connectivity index (χ0) is 18.2. The third-order valence-electron chi connectivity index (χ3n) is 3.43. The fourth-order valence-corrected chi connectivity index (χ4v) is 4.82. The van der Waals surface area contributed by atoms with Crippen LogP contribution in [0.2, 0.25) is 0 Å². The second-order valence-electron chi connectivity index (χ2n) is 5.13. The van der Waals surface area contributed by atoms with E-state index in [9.17, 15) is 15.0 Å². The first-order chi connectivity index (χ1) is 11.2. The number of aromatic nitrogens is 2. The van der Waals surface area contributed by atoms with Crippen molar-refractivity contribution in [3.8, 4) is 0 Å². The molecular weight excluding hydrogens is 584 g/mol. The Labute approximate surface area is 170 Å². The summed E-state index contributed by atoms with van der Waals surface area (Å²) in [4.78, 5) is 12.8. The van der Waals surface area contributed by atoms with Gasteiger partial charge in [-0.2, -0.15) is 0 Å². The Kier molecular flexibility index (Phi) is 7.11. The molecule has 0 amide bonds. The second-order valence-corrected chi connectivity index (χ2v) is 8.30. The number of hydrogen-bond donors (Lipinski definition) is 4. The van der Waals surface area contributed by atoms with Crippen molar-refractivity contribution in [3.05, 3.63) is 28.4 Å². The highest BCUT2D eigenvalue weighted by molar-refractivity contribution is 9.15. The number of nitrogens with zero attached hydrogens (tertiary/aromatic N) is 2. The molecule has 24 heavy (non-hydrogen) atoms. The highest BCUT2D eigenvalue weighted by atomic mass is 79.9. The normalized spacial score (nSPS) is 14.3. The molecule has 0 saturated heterocycles. The van der Waals surface area contributed by atoms with E-state index in [2.05, 4.69) is 63.7 Å². The Balaban J connectivity index is 2.86. The van der Waals surface area contributed by atoms with Gasteiger partial charge in [-0.1, -0.05) is 0 Å². The van der Waals surface area contributed by atoms with Crippen LogP contribution in [0.3, 0.4) is 0 Å². The van der Waals surface area contributed by atoms with Crippen LogP contribution in [0.1, 0.15) is 0 Å². The molecule has 0 aliphatic rings. The Morgan fingerprint density at radius 1 is 0.750 bits per heavy atom. The molecule has 134 valence electrons. The lowest BCUT2D eigenvalue weighted by molar-refractivity contribution is 0.0771. The van der Waals surface area contributed by atoms with Crippen LogP contribution in [0.25, 0.3) is 11.0 Å². The van der Waals surface area contributed by atoms with E-state index in [1.807, 2.05) is 0 Å².